The molecule has 0 aromatic heterocycles. The van der Waals surface area contributed by atoms with Crippen LogP contribution in [-0.2, 0) is 0 Å². The number of hydrogen-bond acceptors (Lipinski definition) is 6. The molecule has 0 saturated heterocycles. The van der Waals surface area contributed by atoms with Crippen LogP contribution in [0, 0.1) is 17.0 Å². The quantitative estimate of drug-likeness (QED) is 0.221. The molecule has 30 heavy (non-hydrogen) atoms. The number of nitrogens with zero attached hydrogens (tertiary/aromatic N) is 2. The fourth-order valence-electron chi connectivity index (χ4n) is 2.66. The third kappa shape index (κ3) is 4.93. The largest absolute Gasteiger partial charge is 0.423 e. The lowest BCUT2D eigenvalue weighted by Gasteiger charge is -2.05. The van der Waals surface area contributed by atoms with Gasteiger partial charge in [-0.1, -0.05) is 24.3 Å². The van der Waals surface area contributed by atoms with E-state index in [1.54, 1.807) is 48.5 Å². The first kappa shape index (κ1) is 20.4. The first-order valence-corrected chi connectivity index (χ1v) is 8.90. The predicted octanol–water partition coefficient (Wildman–Crippen LogP) is 3.89. The molecule has 1 N–H and O–H groups in total. The second-order valence-electron chi connectivity index (χ2n) is 6.23. The molecule has 8 heteroatoms. The number of hydrogen-bond donors (Lipinski definition) is 1. The highest BCUT2D eigenvalue weighted by Gasteiger charge is 2.17. The van der Waals surface area contributed by atoms with Gasteiger partial charge < -0.3 is 4.74 Å². The molecule has 8 nitrogen and oxygen atoms in total. The molecule has 0 aliphatic carbocycles. The number of carbonyl (C=O) groups excluding carboxylic acids is 2. The van der Waals surface area contributed by atoms with Crippen molar-refractivity contribution in [3.63, 3.8) is 0 Å². The number of esters is 1. The van der Waals surface area contributed by atoms with E-state index >= 15 is 0 Å². The molecule has 0 atom stereocenters. The molecule has 3 aromatic carbocycles. The van der Waals surface area contributed by atoms with E-state index < -0.39 is 16.8 Å². The Morgan fingerprint density at radius 1 is 1.00 bits per heavy atom. The van der Waals surface area contributed by atoms with Crippen LogP contribution < -0.4 is 10.2 Å². The van der Waals surface area contributed by atoms with Crippen molar-refractivity contribution in [2.45, 2.75) is 6.92 Å². The molecule has 3 rings (SSSR count). The van der Waals surface area contributed by atoms with Crippen molar-refractivity contribution in [1.29, 1.82) is 0 Å². The molecule has 0 heterocycles. The van der Waals surface area contributed by atoms with Gasteiger partial charge in [0.05, 0.1) is 22.3 Å². The number of amides is 1. The highest BCUT2D eigenvalue weighted by atomic mass is 16.6. The molecular weight excluding hydrogens is 386 g/mol. The Labute approximate surface area is 172 Å². The van der Waals surface area contributed by atoms with Crippen molar-refractivity contribution in [3.05, 3.63) is 105 Å². The summed E-state index contributed by atoms with van der Waals surface area (Å²) in [7, 11) is 0. The Morgan fingerprint density at radius 2 is 1.70 bits per heavy atom. The van der Waals surface area contributed by atoms with Gasteiger partial charge in [-0.25, -0.2) is 10.2 Å². The zero-order chi connectivity index (χ0) is 21.5. The van der Waals surface area contributed by atoms with Crippen LogP contribution in [0.2, 0.25) is 0 Å². The molecule has 0 aliphatic heterocycles. The highest BCUT2D eigenvalue weighted by Crippen LogP contribution is 2.21. The molecule has 0 fully saturated rings. The minimum absolute atomic E-state index is 0.132. The minimum Gasteiger partial charge on any atom is -0.423 e. The maximum atomic E-state index is 12.2. The number of benzene rings is 3. The number of ether oxygens (including phenoxy) is 1. The van der Waals surface area contributed by atoms with Crippen molar-refractivity contribution in [2.75, 3.05) is 0 Å². The van der Waals surface area contributed by atoms with Gasteiger partial charge in [0.15, 0.2) is 0 Å². The molecule has 0 spiro atoms. The summed E-state index contributed by atoms with van der Waals surface area (Å²) < 4.78 is 5.29. The smallest absolute Gasteiger partial charge is 0.343 e. The fraction of sp³-hybridized carbons (Fsp3) is 0.0455. The maximum absolute atomic E-state index is 12.2. The van der Waals surface area contributed by atoms with Gasteiger partial charge in [0, 0.05) is 11.6 Å². The first-order valence-electron chi connectivity index (χ1n) is 8.90. The number of rotatable bonds is 6. The van der Waals surface area contributed by atoms with Gasteiger partial charge in [0.2, 0.25) is 0 Å². The first-order chi connectivity index (χ1) is 14.5. The van der Waals surface area contributed by atoms with Gasteiger partial charge in [-0.15, -0.1) is 0 Å². The van der Waals surface area contributed by atoms with Crippen LogP contribution in [0.4, 0.5) is 5.69 Å². The fourth-order valence-corrected chi connectivity index (χ4v) is 2.66. The summed E-state index contributed by atoms with van der Waals surface area (Å²) in [5.41, 5.74) is 3.75. The summed E-state index contributed by atoms with van der Waals surface area (Å²) in [4.78, 5) is 34.7. The van der Waals surface area contributed by atoms with Crippen LogP contribution in [0.1, 0.15) is 31.8 Å². The van der Waals surface area contributed by atoms with Gasteiger partial charge in [-0.05, 0) is 55.0 Å². The lowest BCUT2D eigenvalue weighted by Crippen LogP contribution is -2.19. The molecule has 1 amide bonds. The van der Waals surface area contributed by atoms with Gasteiger partial charge in [-0.3, -0.25) is 14.9 Å². The van der Waals surface area contributed by atoms with E-state index in [2.05, 4.69) is 10.5 Å². The Balaban J connectivity index is 1.61. The monoisotopic (exact) mass is 403 g/mol. The highest BCUT2D eigenvalue weighted by molar-refractivity contribution is 5.97. The average Bonchev–Trinajstić information content (AvgIpc) is 2.75. The van der Waals surface area contributed by atoms with E-state index in [4.69, 9.17) is 4.74 Å². The van der Waals surface area contributed by atoms with Crippen LogP contribution in [-0.4, -0.2) is 23.0 Å². The second kappa shape index (κ2) is 9.24. The van der Waals surface area contributed by atoms with Gasteiger partial charge in [0.25, 0.3) is 11.6 Å². The van der Waals surface area contributed by atoms with E-state index in [1.165, 1.54) is 31.3 Å². The lowest BCUT2D eigenvalue weighted by atomic mass is 10.1. The predicted molar refractivity (Wildman–Crippen MR) is 111 cm³/mol. The van der Waals surface area contributed by atoms with Gasteiger partial charge in [-0.2, -0.15) is 5.10 Å². The van der Waals surface area contributed by atoms with E-state index in [0.29, 0.717) is 16.9 Å². The van der Waals surface area contributed by atoms with E-state index in [0.717, 1.165) is 0 Å². The number of nitro benzene ring substituents is 1. The van der Waals surface area contributed by atoms with E-state index in [9.17, 15) is 19.7 Å². The van der Waals surface area contributed by atoms with Crippen LogP contribution in [0.15, 0.2) is 77.9 Å². The van der Waals surface area contributed by atoms with Gasteiger partial charge in [0.1, 0.15) is 5.75 Å². The number of nitrogens with one attached hydrogen (secondary N) is 1. The van der Waals surface area contributed by atoms with Crippen molar-refractivity contribution in [3.8, 4) is 5.75 Å². The molecule has 0 unspecified atom stereocenters. The second-order valence-corrected chi connectivity index (χ2v) is 6.23. The van der Waals surface area contributed by atoms with E-state index in [-0.39, 0.29) is 16.8 Å². The average molecular weight is 403 g/mol. The Hall–Kier alpha value is -4.33. The van der Waals surface area contributed by atoms with Crippen molar-refractivity contribution >= 4 is 23.8 Å². The summed E-state index contributed by atoms with van der Waals surface area (Å²) >= 11 is 0. The minimum atomic E-state index is -0.555. The number of carbonyl (C=O) groups is 2. The Bertz CT molecular complexity index is 1110. The normalized spacial score (nSPS) is 10.6. The summed E-state index contributed by atoms with van der Waals surface area (Å²) in [5.74, 6) is -0.644. The molecule has 3 aromatic rings. The molecular formula is C22H17N3O5. The zero-order valence-corrected chi connectivity index (χ0v) is 15.9. The summed E-state index contributed by atoms with van der Waals surface area (Å²) in [6, 6.07) is 19.4. The van der Waals surface area contributed by atoms with Gasteiger partial charge >= 0.3 is 5.97 Å². The van der Waals surface area contributed by atoms with Crippen molar-refractivity contribution < 1.29 is 19.2 Å². The zero-order valence-electron chi connectivity index (χ0n) is 15.9. The van der Waals surface area contributed by atoms with Crippen LogP contribution in [0.25, 0.3) is 0 Å². The summed E-state index contributed by atoms with van der Waals surface area (Å²) in [6.07, 6.45) is 1.41. The standard InChI is InChI=1S/C22H17N3O5/c1-15-19(8-5-9-20(15)25(28)29)21(26)24-23-14-16-10-12-18(13-11-16)30-22(27)17-6-3-2-4-7-17/h2-14H,1H3,(H,24,26)/b23-14-. The number of nitro groups is 1. The third-order valence-corrected chi connectivity index (χ3v) is 4.23. The lowest BCUT2D eigenvalue weighted by molar-refractivity contribution is -0.385. The topological polar surface area (TPSA) is 111 Å². The summed E-state index contributed by atoms with van der Waals surface area (Å²) in [6.45, 7) is 1.51. The Kier molecular flexibility index (Phi) is 6.29. The molecule has 0 radical (unpaired) electrons. The van der Waals surface area contributed by atoms with Crippen molar-refractivity contribution in [2.24, 2.45) is 5.10 Å². The molecule has 150 valence electrons. The Morgan fingerprint density at radius 3 is 2.37 bits per heavy atom. The van der Waals surface area contributed by atoms with Crippen LogP contribution in [0.5, 0.6) is 5.75 Å². The molecule has 0 saturated carbocycles. The number of hydrazone groups is 1. The van der Waals surface area contributed by atoms with Crippen LogP contribution >= 0.6 is 0 Å². The SMILES string of the molecule is Cc1c(C(=O)N/N=C\c2ccc(OC(=O)c3ccccc3)cc2)cccc1[N+](=O)[O-]. The van der Waals surface area contributed by atoms with E-state index in [1.807, 2.05) is 6.07 Å². The molecule has 0 aliphatic rings. The molecule has 0 bridgehead atoms. The van der Waals surface area contributed by atoms with Crippen molar-refractivity contribution in [1.82, 2.24) is 5.43 Å². The third-order valence-electron chi connectivity index (χ3n) is 4.23. The van der Waals surface area contributed by atoms with Crippen LogP contribution in [0.3, 0.4) is 0 Å². The summed E-state index contributed by atoms with van der Waals surface area (Å²) in [5, 5.41) is 14.9. The maximum Gasteiger partial charge on any atom is 0.343 e.